The minimum Gasteiger partial charge on any atom is -0.499 e. The molecule has 7 rings (SSSR count). The van der Waals surface area contributed by atoms with Crippen molar-refractivity contribution in [2.75, 3.05) is 0 Å². The maximum atomic E-state index is 7.95. The molecule has 0 saturated carbocycles. The number of pyridine rings is 2. The molecule has 0 bridgehead atoms. The molecule has 0 atom stereocenters. The fourth-order valence-corrected chi connectivity index (χ4v) is 6.40. The summed E-state index contributed by atoms with van der Waals surface area (Å²) >= 11 is 1.73. The number of fused-ring (bicyclic) bond motifs is 5. The molecule has 1 radical (unpaired) electrons. The Kier molecular flexibility index (Phi) is 8.33. The van der Waals surface area contributed by atoms with Crippen LogP contribution in [-0.4, -0.2) is 9.97 Å². The van der Waals surface area contributed by atoms with Gasteiger partial charge in [0.1, 0.15) is 5.58 Å². The maximum Gasteiger partial charge on any atom is 0.138 e. The number of hydrogen-bond acceptors (Lipinski definition) is 4. The van der Waals surface area contributed by atoms with Gasteiger partial charge in [-0.1, -0.05) is 74.0 Å². The molecular weight excluding hydrogens is 749 g/mol. The van der Waals surface area contributed by atoms with Crippen molar-refractivity contribution in [2.45, 2.75) is 61.7 Å². The fraction of sp³-hybridized carbons (Fsp3) is 0.250. The molecule has 231 valence electrons. The van der Waals surface area contributed by atoms with Gasteiger partial charge in [0, 0.05) is 46.9 Å². The average molecular weight is 790 g/mol. The molecule has 0 fully saturated rings. The summed E-state index contributed by atoms with van der Waals surface area (Å²) in [6.07, 6.45) is 4.05. The van der Waals surface area contributed by atoms with E-state index in [-0.39, 0.29) is 25.5 Å². The first-order valence-corrected chi connectivity index (χ1v) is 15.7. The molecule has 0 aliphatic rings. The van der Waals surface area contributed by atoms with Crippen LogP contribution in [0, 0.1) is 52.1 Å². The minimum absolute atomic E-state index is 0. The number of aromatic nitrogens is 2. The predicted octanol–water partition coefficient (Wildman–Crippen LogP) is 11.3. The number of benzene rings is 3. The number of furan rings is 1. The van der Waals surface area contributed by atoms with E-state index in [4.69, 9.17) is 8.53 Å². The van der Waals surface area contributed by atoms with Crippen LogP contribution in [0.5, 0.6) is 0 Å². The SMILES string of the molecule is Cc1c[c-]c(-c2cc(C)c(C)cn2)cc1.[2H]C([2H])([2H])c1cnc(-c2[c-]ccc3c2oc2c3ccc3cc(C)sc32)cc1CC(C)(C)C.[Ir]. The third-order valence-corrected chi connectivity index (χ3v) is 8.86. The quantitative estimate of drug-likeness (QED) is 0.167. The summed E-state index contributed by atoms with van der Waals surface area (Å²) in [6, 6.07) is 27.0. The molecule has 5 heteroatoms. The van der Waals surface area contributed by atoms with Crippen molar-refractivity contribution in [3.05, 3.63) is 118 Å². The van der Waals surface area contributed by atoms with Crippen LogP contribution in [0.4, 0.5) is 0 Å². The van der Waals surface area contributed by atoms with E-state index in [0.717, 1.165) is 49.0 Å². The van der Waals surface area contributed by atoms with E-state index in [1.54, 1.807) is 11.3 Å². The van der Waals surface area contributed by atoms with Crippen LogP contribution in [0.3, 0.4) is 0 Å². The van der Waals surface area contributed by atoms with Crippen LogP contribution in [0.2, 0.25) is 0 Å². The monoisotopic (exact) mass is 790 g/mol. The van der Waals surface area contributed by atoms with E-state index in [9.17, 15) is 0 Å². The van der Waals surface area contributed by atoms with Gasteiger partial charge in [0.25, 0.3) is 0 Å². The first-order chi connectivity index (χ1) is 22.2. The van der Waals surface area contributed by atoms with Gasteiger partial charge >= 0.3 is 0 Å². The summed E-state index contributed by atoms with van der Waals surface area (Å²) < 4.78 is 31.4. The van der Waals surface area contributed by atoms with Crippen molar-refractivity contribution in [1.82, 2.24) is 9.97 Å². The summed E-state index contributed by atoms with van der Waals surface area (Å²) in [7, 11) is 0. The normalized spacial score (nSPS) is 12.7. The predicted molar refractivity (Wildman–Crippen MR) is 187 cm³/mol. The van der Waals surface area contributed by atoms with Gasteiger partial charge in [0.2, 0.25) is 0 Å². The molecular formula is C40H38IrN2OS-2. The smallest absolute Gasteiger partial charge is 0.138 e. The number of thiophene rings is 1. The second-order valence-corrected chi connectivity index (χ2v) is 14.1. The van der Waals surface area contributed by atoms with Crippen molar-refractivity contribution in [2.24, 2.45) is 5.41 Å². The first kappa shape index (κ1) is 28.8. The fourth-order valence-electron chi connectivity index (χ4n) is 5.40. The topological polar surface area (TPSA) is 38.9 Å². The van der Waals surface area contributed by atoms with E-state index in [1.807, 2.05) is 30.5 Å². The van der Waals surface area contributed by atoms with Crippen LogP contribution < -0.4 is 0 Å². The van der Waals surface area contributed by atoms with Gasteiger partial charge in [-0.2, -0.15) is 0 Å². The zero-order valence-corrected chi connectivity index (χ0v) is 29.9. The molecule has 4 aromatic heterocycles. The molecule has 0 unspecified atom stereocenters. The molecule has 4 heterocycles. The van der Waals surface area contributed by atoms with Gasteiger partial charge in [-0.3, -0.25) is 0 Å². The number of nitrogens with zero attached hydrogens (tertiary/aromatic N) is 2. The van der Waals surface area contributed by atoms with E-state index in [0.29, 0.717) is 17.7 Å². The zero-order valence-electron chi connectivity index (χ0n) is 29.7. The van der Waals surface area contributed by atoms with Gasteiger partial charge in [0.05, 0.1) is 10.3 Å². The first-order valence-electron chi connectivity index (χ1n) is 16.4. The molecule has 0 spiro atoms. The molecule has 0 N–H and O–H groups in total. The van der Waals surface area contributed by atoms with Gasteiger partial charge in [-0.05, 0) is 73.4 Å². The van der Waals surface area contributed by atoms with Gasteiger partial charge in [-0.15, -0.1) is 64.9 Å². The number of rotatable bonds is 3. The van der Waals surface area contributed by atoms with Crippen molar-refractivity contribution in [3.63, 3.8) is 0 Å². The van der Waals surface area contributed by atoms with Crippen LogP contribution in [0.15, 0.2) is 77.5 Å². The summed E-state index contributed by atoms with van der Waals surface area (Å²) in [6.45, 7) is 12.5. The Hall–Kier alpha value is -3.63. The third kappa shape index (κ3) is 6.97. The van der Waals surface area contributed by atoms with Crippen molar-refractivity contribution in [1.29, 1.82) is 0 Å². The Balaban J connectivity index is 0.000000237. The maximum absolute atomic E-state index is 7.95. The van der Waals surface area contributed by atoms with Crippen LogP contribution >= 0.6 is 11.3 Å². The largest absolute Gasteiger partial charge is 0.499 e. The Morgan fingerprint density at radius 1 is 0.822 bits per heavy atom. The Morgan fingerprint density at radius 2 is 1.58 bits per heavy atom. The van der Waals surface area contributed by atoms with E-state index < -0.39 is 6.85 Å². The van der Waals surface area contributed by atoms with Gasteiger partial charge in [-0.25, -0.2) is 0 Å². The zero-order chi connectivity index (χ0) is 33.7. The standard InChI is InChI=1S/C26H24NOS.C14H14N.Ir/c1-15-14-27-22(12-18(15)13-26(3,4)5)21-8-6-7-19-20-10-9-17-11-16(2)29-25(17)24(20)28-23(19)21;1-10-4-6-13(7-5-10)14-8-11(2)12(3)9-15-14;/h6-7,9-12,14H,13H2,1-5H3;4-6,8-9H,1-3H3;/q2*-1;/i1D3;;. The molecule has 3 nitrogen and oxygen atoms in total. The molecule has 3 aromatic carbocycles. The molecule has 0 saturated heterocycles. The Morgan fingerprint density at radius 3 is 2.29 bits per heavy atom. The summed E-state index contributed by atoms with van der Waals surface area (Å²) in [4.78, 5) is 10.2. The second kappa shape index (κ2) is 13.0. The van der Waals surface area contributed by atoms with Gasteiger partial charge < -0.3 is 14.4 Å². The molecule has 45 heavy (non-hydrogen) atoms. The summed E-state index contributed by atoms with van der Waals surface area (Å²) in [5.74, 6) is 0. The Bertz CT molecular complexity index is 2240. The second-order valence-electron chi connectivity index (χ2n) is 12.8. The van der Waals surface area contributed by atoms with E-state index >= 15 is 0 Å². The van der Waals surface area contributed by atoms with Crippen molar-refractivity contribution in [3.8, 4) is 22.5 Å². The summed E-state index contributed by atoms with van der Waals surface area (Å²) in [5, 5.41) is 3.26. The van der Waals surface area contributed by atoms with Crippen LogP contribution in [0.25, 0.3) is 54.5 Å². The van der Waals surface area contributed by atoms with Crippen LogP contribution in [0.1, 0.15) is 57.6 Å². The van der Waals surface area contributed by atoms with Gasteiger partial charge in [0.15, 0.2) is 0 Å². The van der Waals surface area contributed by atoms with Crippen molar-refractivity contribution < 1.29 is 28.6 Å². The molecule has 0 amide bonds. The number of hydrogen-bond donors (Lipinski definition) is 0. The van der Waals surface area contributed by atoms with Crippen molar-refractivity contribution >= 4 is 43.4 Å². The Labute approximate surface area is 288 Å². The average Bonchev–Trinajstić information content (AvgIpc) is 3.57. The summed E-state index contributed by atoms with van der Waals surface area (Å²) in [5.41, 5.74) is 9.87. The van der Waals surface area contributed by atoms with Crippen LogP contribution in [-0.2, 0) is 26.5 Å². The van der Waals surface area contributed by atoms with E-state index in [2.05, 4.69) is 107 Å². The third-order valence-electron chi connectivity index (χ3n) is 7.79. The molecule has 0 aliphatic heterocycles. The molecule has 0 aliphatic carbocycles. The minimum atomic E-state index is -2.20. The number of aryl methyl sites for hydroxylation is 5. The van der Waals surface area contributed by atoms with E-state index in [1.165, 1.54) is 33.2 Å². The molecule has 7 aromatic rings.